The fourth-order valence-electron chi connectivity index (χ4n) is 0.912. The fraction of sp³-hybridized carbons (Fsp3) is 0.571. The van der Waals surface area contributed by atoms with Gasteiger partial charge in [0, 0.05) is 6.42 Å². The van der Waals surface area contributed by atoms with E-state index in [1.54, 1.807) is 6.92 Å². The van der Waals surface area contributed by atoms with Gasteiger partial charge in [-0.05, 0) is 6.92 Å². The second-order valence-corrected chi connectivity index (χ2v) is 2.38. The predicted molar refractivity (Wildman–Crippen MR) is 39.2 cm³/mol. The lowest BCUT2D eigenvalue weighted by Gasteiger charge is -1.98. The van der Waals surface area contributed by atoms with E-state index in [1.807, 2.05) is 6.92 Å². The molecule has 0 fully saturated rings. The molecule has 2 N–H and O–H groups in total. The summed E-state index contributed by atoms with van der Waals surface area (Å²) in [6.45, 7) is 3.62. The fourth-order valence-corrected chi connectivity index (χ4v) is 0.912. The number of hydrogen-bond acceptors (Lipinski definition) is 4. The maximum Gasteiger partial charge on any atom is 0.519 e. The zero-order chi connectivity index (χ0) is 8.43. The Kier molecular flexibility index (Phi) is 2.14. The zero-order valence-corrected chi connectivity index (χ0v) is 6.59. The predicted octanol–water partition coefficient (Wildman–Crippen LogP) is 0.815. The van der Waals surface area contributed by atoms with Gasteiger partial charge in [0.25, 0.3) is 0 Å². The highest BCUT2D eigenvalue weighted by Gasteiger charge is 2.13. The van der Waals surface area contributed by atoms with Crippen LogP contribution in [0.15, 0.2) is 13.6 Å². The molecule has 0 saturated heterocycles. The Labute approximate surface area is 64.0 Å². The third-order valence-corrected chi connectivity index (χ3v) is 1.41. The quantitative estimate of drug-likeness (QED) is 0.689. The molecule has 0 saturated carbocycles. The molecule has 0 aliphatic rings. The molecule has 1 aromatic rings. The molecule has 4 nitrogen and oxygen atoms in total. The van der Waals surface area contributed by atoms with Crippen molar-refractivity contribution in [2.75, 3.05) is 0 Å². The minimum absolute atomic E-state index is 0.281. The molecule has 0 amide bonds. The minimum atomic E-state index is -0.672. The number of rotatable bonds is 2. The van der Waals surface area contributed by atoms with Gasteiger partial charge in [0.2, 0.25) is 0 Å². The van der Waals surface area contributed by atoms with Gasteiger partial charge in [-0.2, -0.15) is 0 Å². The summed E-state index contributed by atoms with van der Waals surface area (Å²) in [4.78, 5) is 10.6. The average molecular weight is 157 g/mol. The summed E-state index contributed by atoms with van der Waals surface area (Å²) in [5.74, 6) is 0.330. The van der Waals surface area contributed by atoms with Gasteiger partial charge < -0.3 is 14.6 Å². The van der Waals surface area contributed by atoms with E-state index >= 15 is 0 Å². The van der Waals surface area contributed by atoms with Crippen molar-refractivity contribution >= 4 is 0 Å². The van der Waals surface area contributed by atoms with Crippen molar-refractivity contribution in [2.24, 2.45) is 5.73 Å². The van der Waals surface area contributed by atoms with E-state index in [0.29, 0.717) is 17.9 Å². The molecule has 1 heterocycles. The molecule has 0 aliphatic carbocycles. The summed E-state index contributed by atoms with van der Waals surface area (Å²) in [6, 6.07) is -0.281. The second kappa shape index (κ2) is 2.92. The lowest BCUT2D eigenvalue weighted by molar-refractivity contribution is 0.361. The Balaban J connectivity index is 3.12. The van der Waals surface area contributed by atoms with E-state index in [9.17, 15) is 4.79 Å². The molecule has 0 aromatic carbocycles. The molecule has 1 rings (SSSR count). The van der Waals surface area contributed by atoms with E-state index < -0.39 is 5.82 Å². The second-order valence-electron chi connectivity index (χ2n) is 2.38. The highest BCUT2D eigenvalue weighted by Crippen LogP contribution is 2.14. The van der Waals surface area contributed by atoms with Gasteiger partial charge in [-0.1, -0.05) is 6.92 Å². The van der Waals surface area contributed by atoms with Gasteiger partial charge in [0.1, 0.15) is 0 Å². The highest BCUT2D eigenvalue weighted by atomic mass is 16.6. The van der Waals surface area contributed by atoms with Crippen LogP contribution in [0.2, 0.25) is 0 Å². The molecule has 0 bridgehead atoms. The Morgan fingerprint density at radius 3 is 2.55 bits per heavy atom. The van der Waals surface area contributed by atoms with Crippen LogP contribution in [-0.4, -0.2) is 0 Å². The Morgan fingerprint density at radius 1 is 1.55 bits per heavy atom. The third kappa shape index (κ3) is 1.51. The van der Waals surface area contributed by atoms with Gasteiger partial charge >= 0.3 is 5.82 Å². The summed E-state index contributed by atoms with van der Waals surface area (Å²) >= 11 is 0. The van der Waals surface area contributed by atoms with Crippen LogP contribution in [0.1, 0.15) is 31.4 Å². The van der Waals surface area contributed by atoms with Gasteiger partial charge in [-0.3, -0.25) is 0 Å². The molecular weight excluding hydrogens is 146 g/mol. The van der Waals surface area contributed by atoms with E-state index in [1.165, 1.54) is 0 Å². The van der Waals surface area contributed by atoms with E-state index in [2.05, 4.69) is 0 Å². The number of nitrogens with two attached hydrogens (primary N) is 1. The maximum absolute atomic E-state index is 10.6. The Morgan fingerprint density at radius 2 is 2.18 bits per heavy atom. The van der Waals surface area contributed by atoms with Gasteiger partial charge in [0.15, 0.2) is 11.5 Å². The normalized spacial score (nSPS) is 13.4. The maximum atomic E-state index is 10.6. The van der Waals surface area contributed by atoms with Crippen molar-refractivity contribution in [1.29, 1.82) is 0 Å². The van der Waals surface area contributed by atoms with Crippen molar-refractivity contribution in [1.82, 2.24) is 0 Å². The zero-order valence-electron chi connectivity index (χ0n) is 6.59. The summed E-state index contributed by atoms with van der Waals surface area (Å²) in [5, 5.41) is 0. The first kappa shape index (κ1) is 8.07. The van der Waals surface area contributed by atoms with Crippen molar-refractivity contribution in [2.45, 2.75) is 26.3 Å². The van der Waals surface area contributed by atoms with Crippen molar-refractivity contribution < 1.29 is 8.83 Å². The monoisotopic (exact) mass is 157 g/mol. The van der Waals surface area contributed by atoms with Crippen molar-refractivity contribution in [3.05, 3.63) is 22.1 Å². The van der Waals surface area contributed by atoms with Crippen LogP contribution >= 0.6 is 0 Å². The van der Waals surface area contributed by atoms with E-state index in [4.69, 9.17) is 14.6 Å². The smallest absolute Gasteiger partial charge is 0.396 e. The van der Waals surface area contributed by atoms with Crippen LogP contribution in [0, 0.1) is 0 Å². The number of aryl methyl sites for hydroxylation is 1. The molecule has 4 heteroatoms. The van der Waals surface area contributed by atoms with E-state index in [-0.39, 0.29) is 6.04 Å². The van der Waals surface area contributed by atoms with Gasteiger partial charge in [0.05, 0.1) is 6.04 Å². The van der Waals surface area contributed by atoms with E-state index in [0.717, 1.165) is 0 Å². The molecular formula is C7H11NO3. The standard InChI is InChI=1S/C7H11NO3/c1-3-5-6(4(2)8)11-7(9)10-5/h4H,3,8H2,1-2H3. The molecule has 0 aliphatic heterocycles. The molecule has 0 spiro atoms. The first-order valence-corrected chi connectivity index (χ1v) is 3.53. The van der Waals surface area contributed by atoms with Crippen LogP contribution in [0.4, 0.5) is 0 Å². The largest absolute Gasteiger partial charge is 0.519 e. The van der Waals surface area contributed by atoms with Crippen LogP contribution in [0.3, 0.4) is 0 Å². The summed E-state index contributed by atoms with van der Waals surface area (Å²) in [5.41, 5.74) is 5.51. The molecule has 1 aromatic heterocycles. The van der Waals surface area contributed by atoms with Crippen molar-refractivity contribution in [3.63, 3.8) is 0 Å². The molecule has 11 heavy (non-hydrogen) atoms. The first-order valence-electron chi connectivity index (χ1n) is 3.53. The summed E-state index contributed by atoms with van der Waals surface area (Å²) < 4.78 is 9.44. The van der Waals surface area contributed by atoms with Gasteiger partial charge in [-0.15, -0.1) is 0 Å². The Bertz CT molecular complexity index is 284. The average Bonchev–Trinajstić information content (AvgIpc) is 2.30. The Hall–Kier alpha value is -1.03. The van der Waals surface area contributed by atoms with Crippen LogP contribution in [-0.2, 0) is 6.42 Å². The topological polar surface area (TPSA) is 69.4 Å². The van der Waals surface area contributed by atoms with Gasteiger partial charge in [-0.25, -0.2) is 4.79 Å². The van der Waals surface area contributed by atoms with Crippen LogP contribution in [0.5, 0.6) is 0 Å². The molecule has 0 radical (unpaired) electrons. The SMILES string of the molecule is CCc1oc(=O)oc1C(C)N. The third-order valence-electron chi connectivity index (χ3n) is 1.41. The summed E-state index contributed by atoms with van der Waals surface area (Å²) in [7, 11) is 0. The molecule has 1 unspecified atom stereocenters. The van der Waals surface area contributed by atoms with Crippen molar-refractivity contribution in [3.8, 4) is 0 Å². The lowest BCUT2D eigenvalue weighted by Crippen LogP contribution is -2.05. The molecule has 62 valence electrons. The van der Waals surface area contributed by atoms with Crippen LogP contribution in [0.25, 0.3) is 0 Å². The lowest BCUT2D eigenvalue weighted by atomic mass is 10.2. The minimum Gasteiger partial charge on any atom is -0.396 e. The molecule has 1 atom stereocenters. The number of hydrogen-bond donors (Lipinski definition) is 1. The van der Waals surface area contributed by atoms with Crippen LogP contribution < -0.4 is 11.6 Å². The first-order chi connectivity index (χ1) is 5.15. The summed E-state index contributed by atoms with van der Waals surface area (Å²) in [6.07, 6.45) is 0.628. The highest BCUT2D eigenvalue weighted by molar-refractivity contribution is 5.06.